The summed E-state index contributed by atoms with van der Waals surface area (Å²) in [6.07, 6.45) is 0. The summed E-state index contributed by atoms with van der Waals surface area (Å²) in [7, 11) is 1.56. The molecule has 6 nitrogen and oxygen atoms in total. The molecule has 180 valence electrons. The predicted molar refractivity (Wildman–Crippen MR) is 133 cm³/mol. The average molecular weight is 484 g/mol. The average Bonchev–Trinajstić information content (AvgIpc) is 3.23. The van der Waals surface area contributed by atoms with Crippen molar-refractivity contribution in [1.29, 1.82) is 0 Å². The van der Waals surface area contributed by atoms with E-state index >= 15 is 0 Å². The van der Waals surface area contributed by atoms with Gasteiger partial charge < -0.3 is 19.9 Å². The number of nitrogens with zero attached hydrogens (tertiary/aromatic N) is 2. The van der Waals surface area contributed by atoms with E-state index in [0.29, 0.717) is 25.4 Å². The van der Waals surface area contributed by atoms with E-state index in [1.54, 1.807) is 35.5 Å². The predicted octanol–water partition coefficient (Wildman–Crippen LogP) is 5.21. The second kappa shape index (κ2) is 12.3. The fraction of sp³-hybridized carbons (Fsp3) is 0.308. The van der Waals surface area contributed by atoms with Gasteiger partial charge in [0, 0.05) is 30.8 Å². The van der Waals surface area contributed by atoms with Gasteiger partial charge in [0.2, 0.25) is 5.91 Å². The Morgan fingerprint density at radius 1 is 0.971 bits per heavy atom. The van der Waals surface area contributed by atoms with Crippen molar-refractivity contribution >= 4 is 29.0 Å². The number of carbonyl (C=O) groups is 2. The van der Waals surface area contributed by atoms with Gasteiger partial charge in [0.1, 0.15) is 12.4 Å². The minimum Gasteiger partial charge on any atom is -0.383 e. The molecule has 0 bridgehead atoms. The molecule has 0 saturated carbocycles. The number of urea groups is 1. The largest absolute Gasteiger partial charge is 0.383 e. The molecule has 0 spiro atoms. The third kappa shape index (κ3) is 7.13. The Morgan fingerprint density at radius 3 is 2.35 bits per heavy atom. The van der Waals surface area contributed by atoms with Crippen LogP contribution in [0.15, 0.2) is 60.0 Å². The van der Waals surface area contributed by atoms with Crippen LogP contribution in [0.2, 0.25) is 0 Å². The summed E-state index contributed by atoms with van der Waals surface area (Å²) in [4.78, 5) is 30.7. The van der Waals surface area contributed by atoms with Crippen LogP contribution in [0.4, 0.5) is 14.9 Å². The van der Waals surface area contributed by atoms with Gasteiger partial charge in [0.15, 0.2) is 0 Å². The summed E-state index contributed by atoms with van der Waals surface area (Å²) in [5.74, 6) is -0.525. The van der Waals surface area contributed by atoms with Gasteiger partial charge in [-0.3, -0.25) is 4.79 Å². The van der Waals surface area contributed by atoms with E-state index in [9.17, 15) is 14.0 Å². The molecule has 0 fully saturated rings. The van der Waals surface area contributed by atoms with Crippen LogP contribution in [-0.4, -0.2) is 48.5 Å². The minimum atomic E-state index is -0.367. The molecule has 3 rings (SSSR count). The number of thiophene rings is 1. The molecule has 1 heterocycles. The molecule has 2 aromatic carbocycles. The zero-order valence-electron chi connectivity index (χ0n) is 19.7. The lowest BCUT2D eigenvalue weighted by molar-refractivity contribution is -0.133. The van der Waals surface area contributed by atoms with Crippen LogP contribution >= 0.6 is 11.3 Å². The molecule has 1 N–H and O–H groups in total. The Hall–Kier alpha value is -3.23. The Bertz CT molecular complexity index is 1100. The summed E-state index contributed by atoms with van der Waals surface area (Å²) >= 11 is 1.58. The Morgan fingerprint density at radius 2 is 1.71 bits per heavy atom. The van der Waals surface area contributed by atoms with Crippen molar-refractivity contribution in [1.82, 2.24) is 9.80 Å². The topological polar surface area (TPSA) is 61.9 Å². The Labute approximate surface area is 204 Å². The fourth-order valence-electron chi connectivity index (χ4n) is 3.41. The molecule has 3 aromatic rings. The van der Waals surface area contributed by atoms with Gasteiger partial charge in [0.25, 0.3) is 0 Å². The van der Waals surface area contributed by atoms with Crippen LogP contribution in [-0.2, 0) is 22.6 Å². The smallest absolute Gasteiger partial charge is 0.322 e. The first-order valence-electron chi connectivity index (χ1n) is 11.0. The maximum atomic E-state index is 13.4. The number of benzene rings is 2. The highest BCUT2D eigenvalue weighted by molar-refractivity contribution is 7.10. The molecule has 1 aromatic heterocycles. The number of ether oxygens (including phenoxy) is 1. The minimum absolute atomic E-state index is 0.104. The zero-order chi connectivity index (χ0) is 24.5. The van der Waals surface area contributed by atoms with Crippen LogP contribution in [0.25, 0.3) is 0 Å². The van der Waals surface area contributed by atoms with Crippen molar-refractivity contribution in [3.05, 3.63) is 87.4 Å². The summed E-state index contributed by atoms with van der Waals surface area (Å²) in [5, 5.41) is 4.89. The van der Waals surface area contributed by atoms with Crippen LogP contribution in [0.5, 0.6) is 0 Å². The SMILES string of the molecule is COCCN(CC(=O)N(Cc1ccc(F)cc1)Cc1sccc1C)C(=O)Nc1ccccc1C. The number of nitrogens with one attached hydrogen (secondary N) is 1. The lowest BCUT2D eigenvalue weighted by atomic mass is 10.2. The molecule has 3 amide bonds. The molecule has 8 heteroatoms. The number of anilines is 1. The van der Waals surface area contributed by atoms with Crippen molar-refractivity contribution in [3.8, 4) is 0 Å². The van der Waals surface area contributed by atoms with Crippen molar-refractivity contribution in [3.63, 3.8) is 0 Å². The number of halogens is 1. The van der Waals surface area contributed by atoms with Gasteiger partial charge in [-0.2, -0.15) is 0 Å². The molecule has 0 aliphatic heterocycles. The van der Waals surface area contributed by atoms with E-state index in [1.807, 2.05) is 49.6 Å². The molecule has 0 unspecified atom stereocenters. The normalized spacial score (nSPS) is 10.7. The van der Waals surface area contributed by atoms with Gasteiger partial charge in [-0.1, -0.05) is 30.3 Å². The van der Waals surface area contributed by atoms with E-state index in [0.717, 1.165) is 21.6 Å². The van der Waals surface area contributed by atoms with E-state index in [4.69, 9.17) is 4.74 Å². The van der Waals surface area contributed by atoms with Crippen molar-refractivity contribution in [2.45, 2.75) is 26.9 Å². The van der Waals surface area contributed by atoms with Crippen LogP contribution < -0.4 is 5.32 Å². The van der Waals surface area contributed by atoms with Gasteiger partial charge in [-0.15, -0.1) is 11.3 Å². The molecule has 0 aliphatic rings. The summed E-state index contributed by atoms with van der Waals surface area (Å²) in [6, 6.07) is 15.2. The number of carbonyl (C=O) groups excluding carboxylic acids is 2. The lowest BCUT2D eigenvalue weighted by Gasteiger charge is -2.28. The van der Waals surface area contributed by atoms with Gasteiger partial charge in [-0.25, -0.2) is 9.18 Å². The number of rotatable bonds is 10. The van der Waals surface area contributed by atoms with Gasteiger partial charge in [0.05, 0.1) is 13.2 Å². The molecular formula is C26H30FN3O3S. The first-order chi connectivity index (χ1) is 16.4. The molecule has 34 heavy (non-hydrogen) atoms. The molecule has 0 radical (unpaired) electrons. The summed E-state index contributed by atoms with van der Waals surface area (Å²) in [6.45, 7) is 5.11. The first-order valence-corrected chi connectivity index (χ1v) is 11.9. The first kappa shape index (κ1) is 25.4. The van der Waals surface area contributed by atoms with E-state index in [1.165, 1.54) is 17.0 Å². The maximum absolute atomic E-state index is 13.4. The highest BCUT2D eigenvalue weighted by Crippen LogP contribution is 2.20. The van der Waals surface area contributed by atoms with E-state index in [2.05, 4.69) is 5.32 Å². The monoisotopic (exact) mass is 483 g/mol. The van der Waals surface area contributed by atoms with E-state index < -0.39 is 0 Å². The second-order valence-electron chi connectivity index (χ2n) is 8.06. The van der Waals surface area contributed by atoms with Gasteiger partial charge in [-0.05, 0) is 60.2 Å². The number of hydrogen-bond donors (Lipinski definition) is 1. The quantitative estimate of drug-likeness (QED) is 0.430. The third-order valence-electron chi connectivity index (χ3n) is 5.51. The van der Waals surface area contributed by atoms with Crippen LogP contribution in [0.3, 0.4) is 0 Å². The molecular weight excluding hydrogens is 453 g/mol. The zero-order valence-corrected chi connectivity index (χ0v) is 20.5. The molecule has 0 atom stereocenters. The van der Waals surface area contributed by atoms with Crippen molar-refractivity contribution in [2.24, 2.45) is 0 Å². The van der Waals surface area contributed by atoms with E-state index in [-0.39, 0.29) is 30.8 Å². The maximum Gasteiger partial charge on any atom is 0.322 e. The Kier molecular flexibility index (Phi) is 9.18. The highest BCUT2D eigenvalue weighted by Gasteiger charge is 2.23. The molecule has 0 aliphatic carbocycles. The lowest BCUT2D eigenvalue weighted by Crippen LogP contribution is -2.45. The van der Waals surface area contributed by atoms with Crippen molar-refractivity contribution in [2.75, 3.05) is 32.1 Å². The number of amides is 3. The van der Waals surface area contributed by atoms with Crippen LogP contribution in [0.1, 0.15) is 21.6 Å². The highest BCUT2D eigenvalue weighted by atomic mass is 32.1. The third-order valence-corrected chi connectivity index (χ3v) is 6.52. The number of methoxy groups -OCH3 is 1. The number of aryl methyl sites for hydroxylation is 2. The van der Waals surface area contributed by atoms with Gasteiger partial charge >= 0.3 is 6.03 Å². The molecule has 0 saturated heterocycles. The Balaban J connectivity index is 1.78. The summed E-state index contributed by atoms with van der Waals surface area (Å²) in [5.41, 5.74) is 3.55. The number of hydrogen-bond acceptors (Lipinski definition) is 4. The standard InChI is InChI=1S/C26H30FN3O3S/c1-19-6-4-5-7-23(19)28-26(32)29(13-14-33-3)18-25(31)30(17-24-20(2)12-15-34-24)16-21-8-10-22(27)11-9-21/h4-12,15H,13-14,16-18H2,1-3H3,(H,28,32). The fourth-order valence-corrected chi connectivity index (χ4v) is 4.33. The summed E-state index contributed by atoms with van der Waals surface area (Å²) < 4.78 is 18.6. The second-order valence-corrected chi connectivity index (χ2v) is 9.06. The van der Waals surface area contributed by atoms with Crippen molar-refractivity contribution < 1.29 is 18.7 Å². The van der Waals surface area contributed by atoms with Crippen LogP contribution in [0, 0.1) is 19.7 Å². The number of para-hydroxylation sites is 1.